The van der Waals surface area contributed by atoms with Crippen molar-refractivity contribution in [2.24, 2.45) is 0 Å². The molecule has 0 saturated carbocycles. The predicted octanol–water partition coefficient (Wildman–Crippen LogP) is 3.07. The van der Waals surface area contributed by atoms with E-state index in [1.807, 2.05) is 0 Å². The highest BCUT2D eigenvalue weighted by Crippen LogP contribution is 2.20. The fraction of sp³-hybridized carbons (Fsp3) is 0.0769. The van der Waals surface area contributed by atoms with E-state index in [2.05, 4.69) is 4.72 Å². The molecule has 0 heterocycles. The molecule has 0 aliphatic rings. The lowest BCUT2D eigenvalue weighted by atomic mass is 10.2. The molecule has 2 rings (SSSR count). The summed E-state index contributed by atoms with van der Waals surface area (Å²) in [6, 6.07) is 8.86. The Hall–Kier alpha value is -1.95. The fourth-order valence-corrected chi connectivity index (χ4v) is 2.74. The number of hydrogen-bond donors (Lipinski definition) is 1. The largest absolute Gasteiger partial charge is 0.280 e. The van der Waals surface area contributed by atoms with Gasteiger partial charge in [0.1, 0.15) is 16.5 Å². The van der Waals surface area contributed by atoms with Gasteiger partial charge in [-0.2, -0.15) is 0 Å². The minimum Gasteiger partial charge on any atom is -0.280 e. The van der Waals surface area contributed by atoms with Gasteiger partial charge in [-0.1, -0.05) is 12.1 Å². The van der Waals surface area contributed by atoms with Gasteiger partial charge in [0, 0.05) is 5.69 Å². The molecule has 100 valence electrons. The standard InChI is InChI=1S/C13H11F2NO2S/c1-9-3-2-4-11(7-9)16-19(17,18)13-8-10(14)5-6-12(13)15/h2-8,16H,1H3. The molecule has 0 aliphatic heterocycles. The van der Waals surface area contributed by atoms with E-state index < -0.39 is 26.6 Å². The van der Waals surface area contributed by atoms with Gasteiger partial charge in [-0.05, 0) is 42.8 Å². The second-order valence-electron chi connectivity index (χ2n) is 4.05. The fourth-order valence-electron chi connectivity index (χ4n) is 1.60. The molecule has 0 saturated heterocycles. The van der Waals surface area contributed by atoms with Crippen molar-refractivity contribution < 1.29 is 17.2 Å². The van der Waals surface area contributed by atoms with Gasteiger partial charge in [0.2, 0.25) is 0 Å². The van der Waals surface area contributed by atoms with E-state index in [1.54, 1.807) is 25.1 Å². The number of sulfonamides is 1. The van der Waals surface area contributed by atoms with Crippen molar-refractivity contribution in [3.05, 3.63) is 59.7 Å². The third-order valence-corrected chi connectivity index (χ3v) is 3.85. The van der Waals surface area contributed by atoms with Crippen LogP contribution in [0, 0.1) is 18.6 Å². The lowest BCUT2D eigenvalue weighted by Gasteiger charge is -2.09. The molecule has 0 amide bonds. The van der Waals surface area contributed by atoms with Gasteiger partial charge in [0.25, 0.3) is 10.0 Å². The quantitative estimate of drug-likeness (QED) is 0.941. The Morgan fingerprint density at radius 1 is 1.05 bits per heavy atom. The third kappa shape index (κ3) is 3.08. The molecule has 0 bridgehead atoms. The minimum absolute atomic E-state index is 0.295. The van der Waals surface area contributed by atoms with Crippen LogP contribution in [-0.2, 0) is 10.0 Å². The van der Waals surface area contributed by atoms with Crippen molar-refractivity contribution in [2.75, 3.05) is 4.72 Å². The zero-order valence-electron chi connectivity index (χ0n) is 10.0. The first kappa shape index (κ1) is 13.5. The molecule has 3 nitrogen and oxygen atoms in total. The Morgan fingerprint density at radius 3 is 2.47 bits per heavy atom. The zero-order valence-corrected chi connectivity index (χ0v) is 10.8. The summed E-state index contributed by atoms with van der Waals surface area (Å²) in [5.74, 6) is -1.81. The monoisotopic (exact) mass is 283 g/mol. The zero-order chi connectivity index (χ0) is 14.0. The van der Waals surface area contributed by atoms with Crippen LogP contribution < -0.4 is 4.72 Å². The summed E-state index contributed by atoms with van der Waals surface area (Å²) in [5, 5.41) is 0. The number of anilines is 1. The lowest BCUT2D eigenvalue weighted by molar-refractivity contribution is 0.555. The van der Waals surface area contributed by atoms with E-state index in [0.29, 0.717) is 11.8 Å². The van der Waals surface area contributed by atoms with Crippen LogP contribution in [0.5, 0.6) is 0 Å². The maximum atomic E-state index is 13.5. The van der Waals surface area contributed by atoms with Crippen LogP contribution in [0.25, 0.3) is 0 Å². The van der Waals surface area contributed by atoms with Gasteiger partial charge >= 0.3 is 0 Å². The molecule has 19 heavy (non-hydrogen) atoms. The van der Waals surface area contributed by atoms with Crippen molar-refractivity contribution in [3.63, 3.8) is 0 Å². The van der Waals surface area contributed by atoms with Crippen LogP contribution in [0.2, 0.25) is 0 Å². The molecule has 2 aromatic rings. The first-order valence-electron chi connectivity index (χ1n) is 5.43. The van der Waals surface area contributed by atoms with Gasteiger partial charge in [-0.25, -0.2) is 17.2 Å². The molecule has 1 N–H and O–H groups in total. The Kier molecular flexibility index (Phi) is 3.53. The summed E-state index contributed by atoms with van der Waals surface area (Å²) in [6.45, 7) is 1.79. The molecule has 0 aliphatic carbocycles. The highest BCUT2D eigenvalue weighted by Gasteiger charge is 2.20. The normalized spacial score (nSPS) is 11.3. The van der Waals surface area contributed by atoms with Crippen LogP contribution >= 0.6 is 0 Å². The van der Waals surface area contributed by atoms with E-state index in [-0.39, 0.29) is 0 Å². The van der Waals surface area contributed by atoms with Gasteiger partial charge in [-0.3, -0.25) is 4.72 Å². The van der Waals surface area contributed by atoms with Crippen molar-refractivity contribution in [3.8, 4) is 0 Å². The topological polar surface area (TPSA) is 46.2 Å². The van der Waals surface area contributed by atoms with Crippen LogP contribution in [0.4, 0.5) is 14.5 Å². The van der Waals surface area contributed by atoms with E-state index in [1.165, 1.54) is 6.07 Å². The second-order valence-corrected chi connectivity index (χ2v) is 5.70. The van der Waals surface area contributed by atoms with Crippen LogP contribution in [0.15, 0.2) is 47.4 Å². The van der Waals surface area contributed by atoms with Gasteiger partial charge < -0.3 is 0 Å². The summed E-state index contributed by atoms with van der Waals surface area (Å²) < 4.78 is 52.6. The van der Waals surface area contributed by atoms with Crippen molar-refractivity contribution in [2.45, 2.75) is 11.8 Å². The smallest absolute Gasteiger partial charge is 0.264 e. The molecule has 0 radical (unpaired) electrons. The average Bonchev–Trinajstić information content (AvgIpc) is 2.31. The molecule has 0 atom stereocenters. The van der Waals surface area contributed by atoms with Crippen molar-refractivity contribution in [1.29, 1.82) is 0 Å². The summed E-state index contributed by atoms with van der Waals surface area (Å²) >= 11 is 0. The Bertz CT molecular complexity index is 714. The number of hydrogen-bond acceptors (Lipinski definition) is 2. The Balaban J connectivity index is 2.40. The van der Waals surface area contributed by atoms with Gasteiger partial charge in [-0.15, -0.1) is 0 Å². The molecular weight excluding hydrogens is 272 g/mol. The van der Waals surface area contributed by atoms with E-state index in [0.717, 1.165) is 17.7 Å². The van der Waals surface area contributed by atoms with Gasteiger partial charge in [0.15, 0.2) is 0 Å². The molecule has 6 heteroatoms. The SMILES string of the molecule is Cc1cccc(NS(=O)(=O)c2cc(F)ccc2F)c1. The summed E-state index contributed by atoms with van der Waals surface area (Å²) in [7, 11) is -4.15. The third-order valence-electron chi connectivity index (χ3n) is 2.45. The van der Waals surface area contributed by atoms with Crippen LogP contribution in [0.3, 0.4) is 0 Å². The molecule has 0 fully saturated rings. The second kappa shape index (κ2) is 4.97. The molecule has 0 aromatic heterocycles. The first-order valence-corrected chi connectivity index (χ1v) is 6.91. The van der Waals surface area contributed by atoms with Crippen LogP contribution in [-0.4, -0.2) is 8.42 Å². The van der Waals surface area contributed by atoms with E-state index in [9.17, 15) is 17.2 Å². The number of rotatable bonds is 3. The van der Waals surface area contributed by atoms with Crippen LogP contribution in [0.1, 0.15) is 5.56 Å². The number of aryl methyl sites for hydroxylation is 1. The van der Waals surface area contributed by atoms with Gasteiger partial charge in [0.05, 0.1) is 0 Å². The highest BCUT2D eigenvalue weighted by molar-refractivity contribution is 7.92. The summed E-state index contributed by atoms with van der Waals surface area (Å²) in [5.41, 5.74) is 1.14. The number of benzene rings is 2. The van der Waals surface area contributed by atoms with Crippen molar-refractivity contribution in [1.82, 2.24) is 0 Å². The average molecular weight is 283 g/mol. The molecule has 0 spiro atoms. The summed E-state index contributed by atoms with van der Waals surface area (Å²) in [6.07, 6.45) is 0. The highest BCUT2D eigenvalue weighted by atomic mass is 32.2. The maximum absolute atomic E-state index is 13.5. The lowest BCUT2D eigenvalue weighted by Crippen LogP contribution is -2.15. The Morgan fingerprint density at radius 2 is 1.79 bits per heavy atom. The van der Waals surface area contributed by atoms with E-state index in [4.69, 9.17) is 0 Å². The minimum atomic E-state index is -4.15. The van der Waals surface area contributed by atoms with Crippen molar-refractivity contribution >= 4 is 15.7 Å². The molecular formula is C13H11F2NO2S. The number of nitrogens with one attached hydrogen (secondary N) is 1. The van der Waals surface area contributed by atoms with E-state index >= 15 is 0 Å². The first-order chi connectivity index (χ1) is 8.88. The number of halogens is 2. The molecule has 0 unspecified atom stereocenters. The predicted molar refractivity (Wildman–Crippen MR) is 68.3 cm³/mol. The Labute approximate surface area is 109 Å². The maximum Gasteiger partial charge on any atom is 0.264 e. The molecule has 2 aromatic carbocycles. The summed E-state index contributed by atoms with van der Waals surface area (Å²) in [4.78, 5) is -0.714.